The first-order valence-corrected chi connectivity index (χ1v) is 6.98. The van der Waals surface area contributed by atoms with Crippen molar-refractivity contribution < 1.29 is 4.79 Å². The quantitative estimate of drug-likeness (QED) is 0.721. The highest BCUT2D eigenvalue weighted by Crippen LogP contribution is 2.01. The Labute approximate surface area is 116 Å². The molecule has 0 aromatic carbocycles. The molecule has 0 bridgehead atoms. The molecule has 0 saturated carbocycles. The maximum atomic E-state index is 11.4. The van der Waals surface area contributed by atoms with E-state index in [1.54, 1.807) is 19.0 Å². The van der Waals surface area contributed by atoms with Crippen LogP contribution in [0.1, 0.15) is 32.5 Å². The number of amides is 1. The highest BCUT2D eigenvalue weighted by Gasteiger charge is 2.07. The molecule has 1 N–H and O–H groups in total. The number of carbonyl (C=O) groups is 1. The SMILES string of the molecule is CCc1nccn1CC(C)NCCCC(=O)N(C)C. The molecule has 19 heavy (non-hydrogen) atoms. The monoisotopic (exact) mass is 266 g/mol. The van der Waals surface area contributed by atoms with Crippen molar-refractivity contribution in [3.63, 3.8) is 0 Å². The Hall–Kier alpha value is -1.36. The van der Waals surface area contributed by atoms with Gasteiger partial charge >= 0.3 is 0 Å². The van der Waals surface area contributed by atoms with E-state index in [-0.39, 0.29) is 5.91 Å². The van der Waals surface area contributed by atoms with Gasteiger partial charge in [0.1, 0.15) is 5.82 Å². The van der Waals surface area contributed by atoms with Gasteiger partial charge in [0.2, 0.25) is 5.91 Å². The number of rotatable bonds is 8. The van der Waals surface area contributed by atoms with E-state index in [2.05, 4.69) is 28.7 Å². The minimum absolute atomic E-state index is 0.192. The molecule has 108 valence electrons. The second-order valence-corrected chi connectivity index (χ2v) is 5.10. The topological polar surface area (TPSA) is 50.2 Å². The number of hydrogen-bond acceptors (Lipinski definition) is 3. The standard InChI is InChI=1S/C14H26N4O/c1-5-13-16-9-10-18(13)11-12(2)15-8-6-7-14(19)17(3)4/h9-10,12,15H,5-8,11H2,1-4H3. The molecule has 0 fully saturated rings. The lowest BCUT2D eigenvalue weighted by molar-refractivity contribution is -0.128. The summed E-state index contributed by atoms with van der Waals surface area (Å²) in [7, 11) is 3.59. The van der Waals surface area contributed by atoms with E-state index in [0.29, 0.717) is 12.5 Å². The molecular weight excluding hydrogens is 240 g/mol. The summed E-state index contributed by atoms with van der Waals surface area (Å²) in [5.74, 6) is 1.31. The summed E-state index contributed by atoms with van der Waals surface area (Å²) < 4.78 is 2.18. The first kappa shape index (κ1) is 15.7. The summed E-state index contributed by atoms with van der Waals surface area (Å²) in [6.07, 6.45) is 6.31. The summed E-state index contributed by atoms with van der Waals surface area (Å²) >= 11 is 0. The lowest BCUT2D eigenvalue weighted by Gasteiger charge is -2.16. The summed E-state index contributed by atoms with van der Waals surface area (Å²) in [5, 5.41) is 3.45. The third-order valence-electron chi connectivity index (χ3n) is 3.15. The van der Waals surface area contributed by atoms with Crippen LogP contribution in [0.2, 0.25) is 0 Å². The molecule has 1 atom stereocenters. The Morgan fingerprint density at radius 1 is 1.53 bits per heavy atom. The van der Waals surface area contributed by atoms with Crippen LogP contribution in [-0.4, -0.2) is 47.0 Å². The van der Waals surface area contributed by atoms with Crippen molar-refractivity contribution in [1.29, 1.82) is 0 Å². The zero-order chi connectivity index (χ0) is 14.3. The van der Waals surface area contributed by atoms with E-state index < -0.39 is 0 Å². The number of aryl methyl sites for hydroxylation is 1. The maximum absolute atomic E-state index is 11.4. The van der Waals surface area contributed by atoms with Crippen molar-refractivity contribution in [3.8, 4) is 0 Å². The Kier molecular flexibility index (Phi) is 6.56. The van der Waals surface area contributed by atoms with Crippen molar-refractivity contribution in [3.05, 3.63) is 18.2 Å². The van der Waals surface area contributed by atoms with Crippen molar-refractivity contribution in [2.24, 2.45) is 0 Å². The van der Waals surface area contributed by atoms with E-state index in [0.717, 1.165) is 31.8 Å². The molecule has 1 heterocycles. The van der Waals surface area contributed by atoms with Crippen molar-refractivity contribution >= 4 is 5.91 Å². The van der Waals surface area contributed by atoms with E-state index in [1.165, 1.54) is 0 Å². The first-order chi connectivity index (χ1) is 9.04. The smallest absolute Gasteiger partial charge is 0.222 e. The van der Waals surface area contributed by atoms with Crippen LogP contribution in [0.5, 0.6) is 0 Å². The van der Waals surface area contributed by atoms with E-state index in [4.69, 9.17) is 0 Å². The fraction of sp³-hybridized carbons (Fsp3) is 0.714. The predicted octanol–water partition coefficient (Wildman–Crippen LogP) is 1.29. The number of imidazole rings is 1. The molecule has 0 radical (unpaired) electrons. The minimum atomic E-state index is 0.192. The zero-order valence-electron chi connectivity index (χ0n) is 12.5. The third-order valence-corrected chi connectivity index (χ3v) is 3.15. The maximum Gasteiger partial charge on any atom is 0.222 e. The lowest BCUT2D eigenvalue weighted by atomic mass is 10.2. The Balaban J connectivity index is 2.21. The fourth-order valence-corrected chi connectivity index (χ4v) is 1.99. The van der Waals surface area contributed by atoms with Gasteiger partial charge < -0.3 is 14.8 Å². The average Bonchev–Trinajstić information content (AvgIpc) is 2.81. The molecule has 0 aliphatic rings. The van der Waals surface area contributed by atoms with E-state index >= 15 is 0 Å². The number of hydrogen-bond donors (Lipinski definition) is 1. The number of nitrogens with one attached hydrogen (secondary N) is 1. The van der Waals surface area contributed by atoms with E-state index in [9.17, 15) is 4.79 Å². The van der Waals surface area contributed by atoms with Crippen molar-refractivity contribution in [2.45, 2.75) is 45.7 Å². The second kappa shape index (κ2) is 7.94. The second-order valence-electron chi connectivity index (χ2n) is 5.10. The summed E-state index contributed by atoms with van der Waals surface area (Å²) in [6, 6.07) is 0.383. The number of carbonyl (C=O) groups excluding carboxylic acids is 1. The van der Waals surface area contributed by atoms with Crippen LogP contribution in [0.3, 0.4) is 0 Å². The Bertz CT molecular complexity index is 387. The molecule has 0 aliphatic heterocycles. The molecule has 5 heteroatoms. The largest absolute Gasteiger partial charge is 0.349 e. The van der Waals surface area contributed by atoms with Gasteiger partial charge in [0.15, 0.2) is 0 Å². The van der Waals surface area contributed by atoms with Crippen LogP contribution in [0.25, 0.3) is 0 Å². The van der Waals surface area contributed by atoms with Gasteiger partial charge in [-0.05, 0) is 19.9 Å². The fourth-order valence-electron chi connectivity index (χ4n) is 1.99. The summed E-state index contributed by atoms with van der Waals surface area (Å²) in [4.78, 5) is 17.4. The molecule has 0 saturated heterocycles. The van der Waals surface area contributed by atoms with Gasteiger partial charge in [0.05, 0.1) is 0 Å². The molecule has 1 aromatic heterocycles. The first-order valence-electron chi connectivity index (χ1n) is 6.98. The van der Waals surface area contributed by atoms with Crippen LogP contribution in [0, 0.1) is 0 Å². The normalized spacial score (nSPS) is 12.4. The average molecular weight is 266 g/mol. The van der Waals surface area contributed by atoms with Crippen LogP contribution >= 0.6 is 0 Å². The van der Waals surface area contributed by atoms with Gasteiger partial charge in [0, 0.05) is 51.9 Å². The molecule has 0 aliphatic carbocycles. The summed E-state index contributed by atoms with van der Waals surface area (Å²) in [6.45, 7) is 6.07. The van der Waals surface area contributed by atoms with Gasteiger partial charge in [0.25, 0.3) is 0 Å². The highest BCUT2D eigenvalue weighted by atomic mass is 16.2. The van der Waals surface area contributed by atoms with Crippen LogP contribution in [0.15, 0.2) is 12.4 Å². The van der Waals surface area contributed by atoms with E-state index in [1.807, 2.05) is 12.4 Å². The van der Waals surface area contributed by atoms with Crippen LogP contribution in [0.4, 0.5) is 0 Å². The molecule has 1 amide bonds. The third kappa shape index (κ3) is 5.42. The van der Waals surface area contributed by atoms with Crippen molar-refractivity contribution in [1.82, 2.24) is 19.8 Å². The molecule has 0 spiro atoms. The van der Waals surface area contributed by atoms with Crippen LogP contribution in [-0.2, 0) is 17.8 Å². The van der Waals surface area contributed by atoms with Gasteiger partial charge in [-0.2, -0.15) is 0 Å². The Morgan fingerprint density at radius 3 is 2.89 bits per heavy atom. The number of aromatic nitrogens is 2. The predicted molar refractivity (Wildman–Crippen MR) is 77.0 cm³/mol. The number of nitrogens with zero attached hydrogens (tertiary/aromatic N) is 3. The minimum Gasteiger partial charge on any atom is -0.349 e. The molecule has 1 unspecified atom stereocenters. The Morgan fingerprint density at radius 2 is 2.26 bits per heavy atom. The van der Waals surface area contributed by atoms with Crippen molar-refractivity contribution in [2.75, 3.05) is 20.6 Å². The molecule has 1 aromatic rings. The van der Waals surface area contributed by atoms with Gasteiger partial charge in [-0.3, -0.25) is 4.79 Å². The van der Waals surface area contributed by atoms with Gasteiger partial charge in [-0.1, -0.05) is 6.92 Å². The van der Waals surface area contributed by atoms with Crippen LogP contribution < -0.4 is 5.32 Å². The van der Waals surface area contributed by atoms with Gasteiger partial charge in [-0.15, -0.1) is 0 Å². The molecular formula is C14H26N4O. The zero-order valence-corrected chi connectivity index (χ0v) is 12.5. The molecule has 5 nitrogen and oxygen atoms in total. The molecule has 1 rings (SSSR count). The highest BCUT2D eigenvalue weighted by molar-refractivity contribution is 5.75. The lowest BCUT2D eigenvalue weighted by Crippen LogP contribution is -2.32. The van der Waals surface area contributed by atoms with Gasteiger partial charge in [-0.25, -0.2) is 4.98 Å². The summed E-state index contributed by atoms with van der Waals surface area (Å²) in [5.41, 5.74) is 0.